The molecule has 0 radical (unpaired) electrons. The van der Waals surface area contributed by atoms with E-state index in [0.717, 1.165) is 12.8 Å². The topological polar surface area (TPSA) is 91.8 Å². The van der Waals surface area contributed by atoms with Gasteiger partial charge in [0.25, 0.3) is 5.91 Å². The minimum atomic E-state index is -1.79. The van der Waals surface area contributed by atoms with Crippen LogP contribution in [0.4, 0.5) is 4.39 Å². The van der Waals surface area contributed by atoms with Crippen molar-refractivity contribution in [3.8, 4) is 0 Å². The standard InChI is InChI=1S/C29H28Cl2FN3O4/c1-16(24-11-10-21(31)14-33-24)35-27(37)22-12-19(28(2,3)38)13-23(32)25(22)29(35,18-6-8-20(30)9-7-18)39-15-34-26(36)17-4-5-17/h6-14,16-17,38H,4-5,15H2,1-3H3,(H,34,36)/t16-,29+/m0/s1. The Kier molecular flexibility index (Phi) is 7.18. The number of halogens is 3. The number of nitrogens with one attached hydrogen (secondary N) is 1. The summed E-state index contributed by atoms with van der Waals surface area (Å²) in [5.74, 6) is -1.50. The van der Waals surface area contributed by atoms with Gasteiger partial charge in [0.15, 0.2) is 0 Å². The highest BCUT2D eigenvalue weighted by atomic mass is 35.5. The Morgan fingerprint density at radius 2 is 1.87 bits per heavy atom. The first-order valence-electron chi connectivity index (χ1n) is 12.6. The molecule has 2 N–H and O–H groups in total. The second-order valence-electron chi connectivity index (χ2n) is 10.4. The molecule has 39 heavy (non-hydrogen) atoms. The van der Waals surface area contributed by atoms with Crippen LogP contribution >= 0.6 is 23.2 Å². The summed E-state index contributed by atoms with van der Waals surface area (Å²) >= 11 is 12.2. The number of ether oxygens (including phenoxy) is 1. The number of aliphatic hydroxyl groups is 1. The normalized spacial score (nSPS) is 19.7. The van der Waals surface area contributed by atoms with Crippen LogP contribution in [0.5, 0.6) is 0 Å². The fourth-order valence-electron chi connectivity index (χ4n) is 4.97. The third kappa shape index (κ3) is 5.02. The van der Waals surface area contributed by atoms with Crippen LogP contribution in [0.1, 0.15) is 72.4 Å². The molecule has 10 heteroatoms. The van der Waals surface area contributed by atoms with E-state index in [2.05, 4.69) is 10.3 Å². The number of fused-ring (bicyclic) bond motifs is 1. The van der Waals surface area contributed by atoms with E-state index >= 15 is 4.39 Å². The molecule has 0 saturated heterocycles. The summed E-state index contributed by atoms with van der Waals surface area (Å²) in [6, 6.07) is 11.9. The minimum absolute atomic E-state index is 0.0238. The van der Waals surface area contributed by atoms with Gasteiger partial charge in [0.05, 0.1) is 33.5 Å². The molecule has 2 amide bonds. The van der Waals surface area contributed by atoms with Gasteiger partial charge in [0.1, 0.15) is 12.5 Å². The number of carbonyl (C=O) groups is 2. The number of hydrogen-bond donors (Lipinski definition) is 2. The first kappa shape index (κ1) is 27.5. The van der Waals surface area contributed by atoms with Crippen LogP contribution < -0.4 is 5.32 Å². The molecule has 0 bridgehead atoms. The van der Waals surface area contributed by atoms with Crippen LogP contribution in [-0.2, 0) is 20.9 Å². The molecule has 2 heterocycles. The third-order valence-corrected chi connectivity index (χ3v) is 7.68. The Hall–Kier alpha value is -3.04. The van der Waals surface area contributed by atoms with Gasteiger partial charge in [-0.1, -0.05) is 35.3 Å². The lowest BCUT2D eigenvalue weighted by Crippen LogP contribution is -2.50. The maximum atomic E-state index is 16.2. The lowest BCUT2D eigenvalue weighted by Gasteiger charge is -2.42. The van der Waals surface area contributed by atoms with Crippen molar-refractivity contribution in [1.29, 1.82) is 0 Å². The number of hydrogen-bond acceptors (Lipinski definition) is 5. The van der Waals surface area contributed by atoms with Crippen LogP contribution in [0.15, 0.2) is 54.7 Å². The zero-order valence-electron chi connectivity index (χ0n) is 21.7. The first-order chi connectivity index (χ1) is 18.4. The first-order valence-corrected chi connectivity index (χ1v) is 13.4. The smallest absolute Gasteiger partial charge is 0.257 e. The zero-order chi connectivity index (χ0) is 28.1. The molecule has 0 spiro atoms. The highest BCUT2D eigenvalue weighted by Crippen LogP contribution is 2.51. The molecule has 1 saturated carbocycles. The molecule has 1 aromatic heterocycles. The maximum Gasteiger partial charge on any atom is 0.257 e. The van der Waals surface area contributed by atoms with Crippen molar-refractivity contribution in [3.05, 3.63) is 98.5 Å². The molecule has 2 aromatic carbocycles. The van der Waals surface area contributed by atoms with E-state index in [1.54, 1.807) is 43.3 Å². The number of pyridine rings is 1. The summed E-state index contributed by atoms with van der Waals surface area (Å²) in [6.45, 7) is 4.50. The maximum absolute atomic E-state index is 16.2. The molecule has 5 rings (SSSR count). The number of nitrogens with zero attached hydrogens (tertiary/aromatic N) is 2. The fourth-order valence-corrected chi connectivity index (χ4v) is 5.21. The lowest BCUT2D eigenvalue weighted by molar-refractivity contribution is -0.141. The SMILES string of the molecule is C[C@@H](c1ccc(Cl)cn1)N1C(=O)c2cc(C(C)(C)O)cc(F)c2[C@]1(OCNC(=O)C1CC1)c1ccc(Cl)cc1. The van der Waals surface area contributed by atoms with Crippen molar-refractivity contribution in [2.45, 2.75) is 51.0 Å². The quantitative estimate of drug-likeness (QED) is 0.340. The average molecular weight is 572 g/mol. The summed E-state index contributed by atoms with van der Waals surface area (Å²) in [5, 5.41) is 14.3. The second kappa shape index (κ2) is 10.2. The molecular formula is C29H28Cl2FN3O4. The van der Waals surface area contributed by atoms with Gasteiger partial charge in [-0.15, -0.1) is 0 Å². The Bertz CT molecular complexity index is 1420. The van der Waals surface area contributed by atoms with Crippen LogP contribution in [0.25, 0.3) is 0 Å². The highest BCUT2D eigenvalue weighted by molar-refractivity contribution is 6.30. The molecule has 2 aliphatic rings. The van der Waals surface area contributed by atoms with E-state index < -0.39 is 29.1 Å². The number of aromatic nitrogens is 1. The predicted octanol–water partition coefficient (Wildman–Crippen LogP) is 5.67. The number of rotatable bonds is 8. The molecule has 1 fully saturated rings. The van der Waals surface area contributed by atoms with E-state index in [0.29, 0.717) is 21.3 Å². The summed E-state index contributed by atoms with van der Waals surface area (Å²) in [4.78, 5) is 32.5. The third-order valence-electron chi connectivity index (χ3n) is 7.20. The molecule has 1 aliphatic carbocycles. The highest BCUT2D eigenvalue weighted by Gasteiger charge is 2.56. The van der Waals surface area contributed by atoms with Gasteiger partial charge in [-0.05, 0) is 75.6 Å². The zero-order valence-corrected chi connectivity index (χ0v) is 23.2. The van der Waals surface area contributed by atoms with Crippen molar-refractivity contribution in [2.24, 2.45) is 5.92 Å². The molecule has 7 nitrogen and oxygen atoms in total. The summed E-state index contributed by atoms with van der Waals surface area (Å²) in [5.41, 5.74) is -2.03. The van der Waals surface area contributed by atoms with E-state index in [4.69, 9.17) is 27.9 Å². The van der Waals surface area contributed by atoms with Crippen molar-refractivity contribution < 1.29 is 23.8 Å². The van der Waals surface area contributed by atoms with Gasteiger partial charge in [0, 0.05) is 22.7 Å². The van der Waals surface area contributed by atoms with Crippen molar-refractivity contribution in [2.75, 3.05) is 6.73 Å². The Labute approximate surface area is 235 Å². The molecule has 0 unspecified atom stereocenters. The molecule has 204 valence electrons. The van der Waals surface area contributed by atoms with Gasteiger partial charge in [-0.25, -0.2) is 4.39 Å². The van der Waals surface area contributed by atoms with Crippen LogP contribution in [0.2, 0.25) is 10.0 Å². The Morgan fingerprint density at radius 1 is 1.21 bits per heavy atom. The van der Waals surface area contributed by atoms with Crippen molar-refractivity contribution >= 4 is 35.0 Å². The lowest BCUT2D eigenvalue weighted by atomic mass is 9.88. The van der Waals surface area contributed by atoms with Crippen LogP contribution in [0, 0.1) is 11.7 Å². The van der Waals surface area contributed by atoms with Gasteiger partial charge in [-0.3, -0.25) is 19.5 Å². The number of amides is 2. The molecule has 3 aromatic rings. The van der Waals surface area contributed by atoms with Crippen molar-refractivity contribution in [3.63, 3.8) is 0 Å². The number of carbonyl (C=O) groups excluding carboxylic acids is 2. The van der Waals surface area contributed by atoms with E-state index in [-0.39, 0.29) is 35.2 Å². The Morgan fingerprint density at radius 3 is 2.46 bits per heavy atom. The fraction of sp³-hybridized carbons (Fsp3) is 0.345. The predicted molar refractivity (Wildman–Crippen MR) is 145 cm³/mol. The molecule has 2 atom stereocenters. The Balaban J connectivity index is 1.72. The summed E-state index contributed by atoms with van der Waals surface area (Å²) in [6.07, 6.45) is 3.07. The number of benzene rings is 2. The molecular weight excluding hydrogens is 544 g/mol. The largest absolute Gasteiger partial charge is 0.386 e. The average Bonchev–Trinajstić information content (AvgIpc) is 3.70. The van der Waals surface area contributed by atoms with Gasteiger partial charge >= 0.3 is 0 Å². The van der Waals surface area contributed by atoms with E-state index in [1.807, 2.05) is 0 Å². The minimum Gasteiger partial charge on any atom is -0.386 e. The van der Waals surface area contributed by atoms with Crippen LogP contribution in [0.3, 0.4) is 0 Å². The summed E-state index contributed by atoms with van der Waals surface area (Å²) < 4.78 is 22.6. The van der Waals surface area contributed by atoms with Crippen molar-refractivity contribution in [1.82, 2.24) is 15.2 Å². The van der Waals surface area contributed by atoms with Gasteiger partial charge in [0.2, 0.25) is 11.6 Å². The van der Waals surface area contributed by atoms with Gasteiger partial charge < -0.3 is 15.2 Å². The summed E-state index contributed by atoms with van der Waals surface area (Å²) in [7, 11) is 0. The van der Waals surface area contributed by atoms with E-state index in [1.165, 1.54) is 37.1 Å². The van der Waals surface area contributed by atoms with E-state index in [9.17, 15) is 14.7 Å². The van der Waals surface area contributed by atoms with Crippen LogP contribution in [-0.4, -0.2) is 33.5 Å². The monoisotopic (exact) mass is 571 g/mol. The second-order valence-corrected chi connectivity index (χ2v) is 11.3. The van der Waals surface area contributed by atoms with Gasteiger partial charge in [-0.2, -0.15) is 0 Å². The molecule has 1 aliphatic heterocycles.